The van der Waals surface area contributed by atoms with Crippen LogP contribution in [0.2, 0.25) is 0 Å². The number of ether oxygens (including phenoxy) is 2. The summed E-state index contributed by atoms with van der Waals surface area (Å²) in [5.74, 6) is -0.125. The van der Waals surface area contributed by atoms with E-state index in [1.807, 2.05) is 63.2 Å². The van der Waals surface area contributed by atoms with E-state index in [0.29, 0.717) is 31.9 Å². The van der Waals surface area contributed by atoms with Gasteiger partial charge >= 0.3 is 6.09 Å². The Morgan fingerprint density at radius 3 is 2.24 bits per heavy atom. The largest absolute Gasteiger partial charge is 0.444 e. The summed E-state index contributed by atoms with van der Waals surface area (Å²) in [6, 6.07) is 17.1. The van der Waals surface area contributed by atoms with E-state index in [0.717, 1.165) is 17.5 Å². The minimum absolute atomic E-state index is 0.125. The van der Waals surface area contributed by atoms with Crippen LogP contribution in [0.25, 0.3) is 0 Å². The van der Waals surface area contributed by atoms with Gasteiger partial charge in [0.2, 0.25) is 0 Å². The van der Waals surface area contributed by atoms with E-state index >= 15 is 0 Å². The summed E-state index contributed by atoms with van der Waals surface area (Å²) < 4.78 is 10.8. The second-order valence-corrected chi connectivity index (χ2v) is 7.70. The van der Waals surface area contributed by atoms with E-state index in [9.17, 15) is 9.59 Å². The summed E-state index contributed by atoms with van der Waals surface area (Å²) >= 11 is 0. The number of carbonyl (C=O) groups excluding carboxylic acids is 2. The topological polar surface area (TPSA) is 76.7 Å². The van der Waals surface area contributed by atoms with Crippen molar-refractivity contribution in [2.75, 3.05) is 13.2 Å². The summed E-state index contributed by atoms with van der Waals surface area (Å²) in [5, 5.41) is 5.58. The number of amides is 2. The molecule has 2 aromatic rings. The molecule has 0 bridgehead atoms. The van der Waals surface area contributed by atoms with E-state index < -0.39 is 11.7 Å². The minimum atomic E-state index is -0.529. The van der Waals surface area contributed by atoms with Crippen LogP contribution in [0.4, 0.5) is 4.79 Å². The highest BCUT2D eigenvalue weighted by atomic mass is 16.6. The third kappa shape index (κ3) is 9.25. The maximum Gasteiger partial charge on any atom is 0.407 e. The second-order valence-electron chi connectivity index (χ2n) is 7.70. The van der Waals surface area contributed by atoms with Crippen molar-refractivity contribution in [1.29, 1.82) is 0 Å². The number of hydrogen-bond donors (Lipinski definition) is 2. The molecular weight excluding hydrogens is 368 g/mol. The molecule has 0 aliphatic rings. The average molecular weight is 399 g/mol. The molecule has 0 saturated carbocycles. The fraction of sp³-hybridized carbons (Fsp3) is 0.391. The Bertz CT molecular complexity index is 768. The second kappa shape index (κ2) is 11.2. The number of rotatable bonds is 9. The monoisotopic (exact) mass is 398 g/mol. The van der Waals surface area contributed by atoms with E-state index in [1.54, 1.807) is 12.1 Å². The first kappa shape index (κ1) is 22.4. The molecule has 156 valence electrons. The van der Waals surface area contributed by atoms with E-state index in [4.69, 9.17) is 9.47 Å². The van der Waals surface area contributed by atoms with Gasteiger partial charge in [-0.3, -0.25) is 4.79 Å². The Balaban J connectivity index is 1.63. The average Bonchev–Trinajstić information content (AvgIpc) is 2.69. The first-order valence-electron chi connectivity index (χ1n) is 9.79. The smallest absolute Gasteiger partial charge is 0.407 e. The van der Waals surface area contributed by atoms with Gasteiger partial charge in [-0.05, 0) is 50.5 Å². The van der Waals surface area contributed by atoms with Gasteiger partial charge in [0.1, 0.15) is 5.60 Å². The lowest BCUT2D eigenvalue weighted by Gasteiger charge is -2.19. The zero-order valence-electron chi connectivity index (χ0n) is 17.4. The fourth-order valence-electron chi connectivity index (χ4n) is 2.50. The van der Waals surface area contributed by atoms with Crippen molar-refractivity contribution in [3.63, 3.8) is 0 Å². The third-order valence-electron chi connectivity index (χ3n) is 3.91. The van der Waals surface area contributed by atoms with Crippen molar-refractivity contribution in [2.24, 2.45) is 0 Å². The number of benzene rings is 2. The highest BCUT2D eigenvalue weighted by Crippen LogP contribution is 2.08. The highest BCUT2D eigenvalue weighted by molar-refractivity contribution is 5.94. The lowest BCUT2D eigenvalue weighted by Crippen LogP contribution is -2.32. The van der Waals surface area contributed by atoms with Crippen molar-refractivity contribution in [3.05, 3.63) is 71.3 Å². The zero-order valence-corrected chi connectivity index (χ0v) is 17.4. The molecule has 6 heteroatoms. The molecule has 0 spiro atoms. The predicted octanol–water partition coefficient (Wildman–Crippen LogP) is 4.05. The molecule has 0 radical (unpaired) electrons. The number of alkyl carbamates (subject to hydrolysis) is 1. The molecule has 2 rings (SSSR count). The number of hydrogen-bond acceptors (Lipinski definition) is 4. The van der Waals surface area contributed by atoms with Crippen LogP contribution in [-0.2, 0) is 22.6 Å². The van der Waals surface area contributed by atoms with Gasteiger partial charge in [0.15, 0.2) is 0 Å². The van der Waals surface area contributed by atoms with Crippen LogP contribution in [-0.4, -0.2) is 30.8 Å². The molecule has 0 fully saturated rings. The Hall–Kier alpha value is -2.86. The van der Waals surface area contributed by atoms with Crippen LogP contribution in [0, 0.1) is 0 Å². The van der Waals surface area contributed by atoms with E-state index in [-0.39, 0.29) is 5.91 Å². The van der Waals surface area contributed by atoms with Gasteiger partial charge in [-0.25, -0.2) is 4.79 Å². The van der Waals surface area contributed by atoms with Crippen LogP contribution in [0.1, 0.15) is 48.7 Å². The molecule has 0 aromatic heterocycles. The standard InChI is InChI=1S/C23H30N2O4/c1-23(2,3)29-22(27)25-16-18-10-12-20(13-11-18)21(26)24-14-7-15-28-17-19-8-5-4-6-9-19/h4-6,8-13H,7,14-17H2,1-3H3,(H,24,26)(H,25,27). The quantitative estimate of drug-likeness (QED) is 0.625. The van der Waals surface area contributed by atoms with Crippen LogP contribution in [0.15, 0.2) is 54.6 Å². The molecule has 0 heterocycles. The summed E-state index contributed by atoms with van der Waals surface area (Å²) in [6.45, 7) is 7.50. The predicted molar refractivity (Wildman–Crippen MR) is 113 cm³/mol. The van der Waals surface area contributed by atoms with Gasteiger partial charge in [-0.15, -0.1) is 0 Å². The lowest BCUT2D eigenvalue weighted by atomic mass is 10.1. The van der Waals surface area contributed by atoms with Crippen LogP contribution < -0.4 is 10.6 Å². The molecule has 0 aliphatic carbocycles. The van der Waals surface area contributed by atoms with Crippen molar-refractivity contribution in [1.82, 2.24) is 10.6 Å². The molecule has 0 saturated heterocycles. The minimum Gasteiger partial charge on any atom is -0.444 e. The summed E-state index contributed by atoms with van der Waals surface area (Å²) in [6.07, 6.45) is 0.282. The first-order chi connectivity index (χ1) is 13.8. The van der Waals surface area contributed by atoms with E-state index in [1.165, 1.54) is 0 Å². The Labute approximate surface area is 172 Å². The fourth-order valence-corrected chi connectivity index (χ4v) is 2.50. The summed E-state index contributed by atoms with van der Waals surface area (Å²) in [7, 11) is 0. The van der Waals surface area contributed by atoms with Gasteiger partial charge in [-0.2, -0.15) is 0 Å². The van der Waals surface area contributed by atoms with Crippen molar-refractivity contribution >= 4 is 12.0 Å². The van der Waals surface area contributed by atoms with Crippen molar-refractivity contribution in [3.8, 4) is 0 Å². The molecule has 0 unspecified atom stereocenters. The number of carbonyl (C=O) groups is 2. The molecular formula is C23H30N2O4. The molecule has 0 atom stereocenters. The van der Waals surface area contributed by atoms with Crippen LogP contribution in [0.5, 0.6) is 0 Å². The van der Waals surface area contributed by atoms with Gasteiger partial charge in [0, 0.05) is 25.3 Å². The van der Waals surface area contributed by atoms with Crippen LogP contribution >= 0.6 is 0 Å². The zero-order chi connectivity index (χ0) is 21.1. The highest BCUT2D eigenvalue weighted by Gasteiger charge is 2.15. The Morgan fingerprint density at radius 2 is 1.59 bits per heavy atom. The molecule has 29 heavy (non-hydrogen) atoms. The molecule has 2 aromatic carbocycles. The molecule has 6 nitrogen and oxygen atoms in total. The number of nitrogens with one attached hydrogen (secondary N) is 2. The molecule has 0 aliphatic heterocycles. The maximum absolute atomic E-state index is 12.2. The summed E-state index contributed by atoms with van der Waals surface area (Å²) in [5.41, 5.74) is 2.08. The molecule has 2 N–H and O–H groups in total. The maximum atomic E-state index is 12.2. The Morgan fingerprint density at radius 1 is 0.897 bits per heavy atom. The van der Waals surface area contributed by atoms with Gasteiger partial charge in [0.25, 0.3) is 5.91 Å². The molecule has 2 amide bonds. The Kier molecular flexibility index (Phi) is 8.68. The third-order valence-corrected chi connectivity index (χ3v) is 3.91. The normalized spacial score (nSPS) is 11.0. The summed E-state index contributed by atoms with van der Waals surface area (Å²) in [4.78, 5) is 23.9. The van der Waals surface area contributed by atoms with Gasteiger partial charge < -0.3 is 20.1 Å². The van der Waals surface area contributed by atoms with Gasteiger partial charge in [-0.1, -0.05) is 42.5 Å². The first-order valence-corrected chi connectivity index (χ1v) is 9.79. The van der Waals surface area contributed by atoms with Crippen molar-refractivity contribution < 1.29 is 19.1 Å². The van der Waals surface area contributed by atoms with Crippen molar-refractivity contribution in [2.45, 2.75) is 45.9 Å². The SMILES string of the molecule is CC(C)(C)OC(=O)NCc1ccc(C(=O)NCCCOCc2ccccc2)cc1. The van der Waals surface area contributed by atoms with Gasteiger partial charge in [0.05, 0.1) is 6.61 Å². The van der Waals surface area contributed by atoms with E-state index in [2.05, 4.69) is 10.6 Å². The van der Waals surface area contributed by atoms with Crippen LogP contribution in [0.3, 0.4) is 0 Å². The lowest BCUT2D eigenvalue weighted by molar-refractivity contribution is 0.0523.